The first-order chi connectivity index (χ1) is 11.3. The largest absolute Gasteiger partial charge is 0.356 e. The van der Waals surface area contributed by atoms with E-state index in [2.05, 4.69) is 38.6 Å². The molecule has 0 aromatic carbocycles. The second-order valence-electron chi connectivity index (χ2n) is 6.13. The maximum Gasteiger partial charge on any atom is 0.129 e. The van der Waals surface area contributed by atoms with Crippen molar-refractivity contribution in [1.82, 2.24) is 14.5 Å². The van der Waals surface area contributed by atoms with Gasteiger partial charge >= 0.3 is 0 Å². The zero-order valence-corrected chi connectivity index (χ0v) is 13.6. The number of aryl methyl sites for hydroxylation is 1. The number of nitriles is 1. The molecule has 5 nitrogen and oxygen atoms in total. The average molecular weight is 309 g/mol. The molecule has 2 aromatic rings. The van der Waals surface area contributed by atoms with E-state index in [-0.39, 0.29) is 0 Å². The van der Waals surface area contributed by atoms with Crippen LogP contribution in [-0.2, 0) is 6.54 Å². The molecule has 3 heterocycles. The fourth-order valence-electron chi connectivity index (χ4n) is 3.26. The molecule has 120 valence electrons. The molecule has 0 saturated carbocycles. The van der Waals surface area contributed by atoms with Crippen LogP contribution in [0.5, 0.6) is 0 Å². The second kappa shape index (κ2) is 7.28. The fraction of sp³-hybridized carbons (Fsp3) is 0.500. The molecule has 0 N–H and O–H groups in total. The quantitative estimate of drug-likeness (QED) is 0.850. The van der Waals surface area contributed by atoms with E-state index in [4.69, 9.17) is 5.26 Å². The predicted octanol–water partition coefficient (Wildman–Crippen LogP) is 3.33. The number of pyridine rings is 1. The van der Waals surface area contributed by atoms with Crippen LogP contribution in [0.1, 0.15) is 49.9 Å². The summed E-state index contributed by atoms with van der Waals surface area (Å²) in [6.07, 6.45) is 10.4. The van der Waals surface area contributed by atoms with Gasteiger partial charge in [-0.05, 0) is 31.4 Å². The van der Waals surface area contributed by atoms with Crippen LogP contribution in [0.3, 0.4) is 0 Å². The summed E-state index contributed by atoms with van der Waals surface area (Å²) in [5.41, 5.74) is 0.668. The minimum Gasteiger partial charge on any atom is -0.356 e. The van der Waals surface area contributed by atoms with Gasteiger partial charge in [-0.25, -0.2) is 9.97 Å². The average Bonchev–Trinajstić information content (AvgIpc) is 3.08. The zero-order chi connectivity index (χ0) is 16.1. The van der Waals surface area contributed by atoms with Crippen molar-refractivity contribution in [3.8, 4) is 6.07 Å². The summed E-state index contributed by atoms with van der Waals surface area (Å²) in [5, 5.41) is 9.07. The second-order valence-corrected chi connectivity index (χ2v) is 6.13. The molecule has 1 aliphatic rings. The number of piperidine rings is 1. The maximum absolute atomic E-state index is 9.07. The Labute approximate surface area is 137 Å². The van der Waals surface area contributed by atoms with Crippen LogP contribution in [0.15, 0.2) is 30.7 Å². The van der Waals surface area contributed by atoms with E-state index >= 15 is 0 Å². The molecule has 0 spiro atoms. The summed E-state index contributed by atoms with van der Waals surface area (Å²) in [7, 11) is 0. The summed E-state index contributed by atoms with van der Waals surface area (Å²) in [6.45, 7) is 5.18. The number of rotatable bonds is 5. The lowest BCUT2D eigenvalue weighted by Crippen LogP contribution is -2.36. The Kier molecular flexibility index (Phi) is 4.92. The number of hydrogen-bond acceptors (Lipinski definition) is 4. The normalized spacial score (nSPS) is 17.9. The van der Waals surface area contributed by atoms with Crippen molar-refractivity contribution >= 4 is 5.82 Å². The molecule has 0 aliphatic carbocycles. The number of unbranched alkanes of at least 4 members (excludes halogenated alkanes) is 1. The van der Waals surface area contributed by atoms with Crippen LogP contribution in [0.25, 0.3) is 0 Å². The molecule has 2 aromatic heterocycles. The third-order valence-corrected chi connectivity index (χ3v) is 4.49. The van der Waals surface area contributed by atoms with Gasteiger partial charge in [-0.15, -0.1) is 0 Å². The molecule has 1 fully saturated rings. The predicted molar refractivity (Wildman–Crippen MR) is 90.3 cm³/mol. The molecule has 0 radical (unpaired) electrons. The first-order valence-corrected chi connectivity index (χ1v) is 8.44. The van der Waals surface area contributed by atoms with E-state index < -0.39 is 0 Å². The highest BCUT2D eigenvalue weighted by molar-refractivity contribution is 5.45. The highest BCUT2D eigenvalue weighted by Gasteiger charge is 2.25. The minimum absolute atomic E-state index is 0.433. The lowest BCUT2D eigenvalue weighted by Gasteiger charge is -2.33. The summed E-state index contributed by atoms with van der Waals surface area (Å²) < 4.78 is 2.30. The van der Waals surface area contributed by atoms with Crippen LogP contribution in [0, 0.1) is 11.3 Å². The van der Waals surface area contributed by atoms with Gasteiger partial charge in [-0.3, -0.25) is 0 Å². The topological polar surface area (TPSA) is 57.7 Å². The molecule has 1 aliphatic heterocycles. The minimum atomic E-state index is 0.433. The number of imidazole rings is 1. The Hall–Kier alpha value is -2.35. The van der Waals surface area contributed by atoms with Gasteiger partial charge in [0.15, 0.2) is 0 Å². The number of aromatic nitrogens is 3. The van der Waals surface area contributed by atoms with E-state index in [0.29, 0.717) is 11.5 Å². The molecule has 0 bridgehead atoms. The van der Waals surface area contributed by atoms with Crippen LogP contribution >= 0.6 is 0 Å². The van der Waals surface area contributed by atoms with Crippen LogP contribution < -0.4 is 4.90 Å². The Bertz CT molecular complexity index is 685. The maximum atomic E-state index is 9.07. The molecular weight excluding hydrogens is 286 g/mol. The summed E-state index contributed by atoms with van der Waals surface area (Å²) in [6, 6.07) is 5.83. The molecule has 5 heteroatoms. The lowest BCUT2D eigenvalue weighted by atomic mass is 9.97. The Morgan fingerprint density at radius 3 is 3.09 bits per heavy atom. The van der Waals surface area contributed by atoms with Crippen molar-refractivity contribution in [2.75, 3.05) is 18.0 Å². The van der Waals surface area contributed by atoms with Crippen molar-refractivity contribution in [3.05, 3.63) is 42.1 Å². The van der Waals surface area contributed by atoms with Gasteiger partial charge in [0, 0.05) is 44.1 Å². The molecule has 3 rings (SSSR count). The summed E-state index contributed by atoms with van der Waals surface area (Å²) in [5.74, 6) is 2.53. The van der Waals surface area contributed by atoms with E-state index in [9.17, 15) is 0 Å². The van der Waals surface area contributed by atoms with Gasteiger partial charge in [0.2, 0.25) is 0 Å². The number of hydrogen-bond donors (Lipinski definition) is 0. The van der Waals surface area contributed by atoms with Crippen molar-refractivity contribution in [1.29, 1.82) is 5.26 Å². The van der Waals surface area contributed by atoms with E-state index in [1.54, 1.807) is 12.3 Å². The third kappa shape index (κ3) is 3.53. The Morgan fingerprint density at radius 1 is 1.35 bits per heavy atom. The van der Waals surface area contributed by atoms with E-state index in [1.165, 1.54) is 18.7 Å². The fourth-order valence-corrected chi connectivity index (χ4v) is 3.26. The molecule has 0 amide bonds. The molecular formula is C18H23N5. The Morgan fingerprint density at radius 2 is 2.26 bits per heavy atom. The van der Waals surface area contributed by atoms with Gasteiger partial charge in [0.05, 0.1) is 11.6 Å². The monoisotopic (exact) mass is 309 g/mol. The van der Waals surface area contributed by atoms with Crippen LogP contribution in [0.4, 0.5) is 5.82 Å². The van der Waals surface area contributed by atoms with Gasteiger partial charge in [0.1, 0.15) is 11.6 Å². The Balaban J connectivity index is 1.76. The van der Waals surface area contributed by atoms with Gasteiger partial charge in [-0.1, -0.05) is 13.3 Å². The molecule has 23 heavy (non-hydrogen) atoms. The van der Waals surface area contributed by atoms with E-state index in [1.807, 2.05) is 12.3 Å². The number of nitrogens with zero attached hydrogens (tertiary/aromatic N) is 5. The lowest BCUT2D eigenvalue weighted by molar-refractivity contribution is 0.464. The third-order valence-electron chi connectivity index (χ3n) is 4.49. The molecule has 0 unspecified atom stereocenters. The van der Waals surface area contributed by atoms with E-state index in [0.717, 1.165) is 38.3 Å². The smallest absolute Gasteiger partial charge is 0.129 e. The number of anilines is 1. The van der Waals surface area contributed by atoms with Gasteiger partial charge < -0.3 is 9.47 Å². The summed E-state index contributed by atoms with van der Waals surface area (Å²) >= 11 is 0. The van der Waals surface area contributed by atoms with Crippen molar-refractivity contribution < 1.29 is 0 Å². The van der Waals surface area contributed by atoms with Gasteiger partial charge in [0.25, 0.3) is 0 Å². The van der Waals surface area contributed by atoms with Crippen LogP contribution in [0.2, 0.25) is 0 Å². The first kappa shape index (κ1) is 15.5. The van der Waals surface area contributed by atoms with Crippen LogP contribution in [-0.4, -0.2) is 27.6 Å². The van der Waals surface area contributed by atoms with Gasteiger partial charge in [-0.2, -0.15) is 5.26 Å². The SMILES string of the molecule is CCCCn1ccnc1[C@@H]1CCCN(c2cc(C#N)ccn2)C1. The first-order valence-electron chi connectivity index (χ1n) is 8.44. The highest BCUT2D eigenvalue weighted by Crippen LogP contribution is 2.28. The van der Waals surface area contributed by atoms with Crippen molar-refractivity contribution in [3.63, 3.8) is 0 Å². The summed E-state index contributed by atoms with van der Waals surface area (Å²) in [4.78, 5) is 11.4. The van der Waals surface area contributed by atoms with Crippen molar-refractivity contribution in [2.45, 2.75) is 45.1 Å². The van der Waals surface area contributed by atoms with Crippen molar-refractivity contribution in [2.24, 2.45) is 0 Å². The molecule has 1 atom stereocenters. The standard InChI is InChI=1S/C18H23N5/c1-2-3-9-22-11-8-21-18(22)16-5-4-10-23(14-16)17-12-15(13-19)6-7-20-17/h6-8,11-12,16H,2-5,9-10,14H2,1H3/t16-/m1/s1. The molecule has 1 saturated heterocycles. The zero-order valence-electron chi connectivity index (χ0n) is 13.6. The highest BCUT2D eigenvalue weighted by atomic mass is 15.2.